The number of imidazole rings is 2. The summed E-state index contributed by atoms with van der Waals surface area (Å²) in [6, 6.07) is 0. The largest absolute Gasteiger partial charge is 0.856 e. The van der Waals surface area contributed by atoms with Gasteiger partial charge < -0.3 is 66.0 Å². The SMILES string of the molecule is Cn1c[n+]([C@@H]2O[C@H](COP(=O)(O)O[P+]([O-])([O-])O[P+]([O-])(O)OC[C@H]3O[C@@H](n4cnc5c(N)ncnc54)[C@H](O)[C@@H]3O)[C@@H](O)[C@H]2O)c2nc(N)nc([O-])c21. The lowest BCUT2D eigenvalue weighted by atomic mass is 10.1. The molecule has 0 aliphatic carbocycles. The van der Waals surface area contributed by atoms with Gasteiger partial charge in [0.05, 0.1) is 20.0 Å². The fourth-order valence-electron chi connectivity index (χ4n) is 5.31. The van der Waals surface area contributed by atoms with Crippen molar-refractivity contribution in [2.45, 2.75) is 49.1 Å². The summed E-state index contributed by atoms with van der Waals surface area (Å²) in [4.78, 5) is 76.2. The number of nitrogen functional groups attached to an aromatic ring is 2. The highest BCUT2D eigenvalue weighted by Crippen LogP contribution is 2.69. The number of aromatic nitrogens is 8. The third kappa shape index (κ3) is 7.58. The van der Waals surface area contributed by atoms with Crippen molar-refractivity contribution in [3.63, 3.8) is 0 Å². The number of aliphatic hydroxyl groups is 4. The van der Waals surface area contributed by atoms with Gasteiger partial charge in [-0.05, 0) is 4.31 Å². The number of nitrogens with zero attached hydrogens (tertiary/aromatic N) is 8. The minimum absolute atomic E-state index is 0.00268. The van der Waals surface area contributed by atoms with Crippen molar-refractivity contribution < 1.29 is 86.3 Å². The first-order valence-electron chi connectivity index (χ1n) is 14.1. The average Bonchev–Trinajstić information content (AvgIpc) is 3.74. The van der Waals surface area contributed by atoms with Gasteiger partial charge >= 0.3 is 21.6 Å². The summed E-state index contributed by atoms with van der Waals surface area (Å²) in [5.74, 6) is -1.16. The molecule has 10 N–H and O–H groups in total. The van der Waals surface area contributed by atoms with Gasteiger partial charge in [-0.15, -0.1) is 4.31 Å². The van der Waals surface area contributed by atoms with E-state index in [-0.39, 0.29) is 28.1 Å². The summed E-state index contributed by atoms with van der Waals surface area (Å²) >= 11 is 0. The van der Waals surface area contributed by atoms with Crippen LogP contribution in [-0.2, 0) is 38.8 Å². The number of aryl methyl sites for hydroxylation is 1. The van der Waals surface area contributed by atoms with Crippen molar-refractivity contribution in [3.05, 3.63) is 19.0 Å². The van der Waals surface area contributed by atoms with E-state index >= 15 is 0 Å². The lowest BCUT2D eigenvalue weighted by Gasteiger charge is -2.32. The van der Waals surface area contributed by atoms with Crippen LogP contribution in [-0.4, -0.2) is 114 Å². The minimum Gasteiger partial charge on any atom is -0.856 e. The van der Waals surface area contributed by atoms with Crippen LogP contribution < -0.4 is 35.8 Å². The maximum Gasteiger partial charge on any atom is 0.508 e. The first kappa shape index (κ1) is 37.7. The quantitative estimate of drug-likeness (QED) is 0.0488. The van der Waals surface area contributed by atoms with E-state index in [4.69, 9.17) is 20.9 Å². The van der Waals surface area contributed by atoms with Crippen molar-refractivity contribution in [1.29, 1.82) is 0 Å². The van der Waals surface area contributed by atoms with E-state index in [0.29, 0.717) is 0 Å². The van der Waals surface area contributed by atoms with Gasteiger partial charge in [-0.1, -0.05) is 4.98 Å². The monoisotopic (exact) mass is 785 g/mol. The Morgan fingerprint density at radius 2 is 1.71 bits per heavy atom. The lowest BCUT2D eigenvalue weighted by Crippen LogP contribution is -2.46. The molecule has 0 bridgehead atoms. The molecule has 280 valence electrons. The zero-order chi connectivity index (χ0) is 37.2. The summed E-state index contributed by atoms with van der Waals surface area (Å²) in [5.41, 5.74) is 11.4. The van der Waals surface area contributed by atoms with Crippen molar-refractivity contribution in [2.75, 3.05) is 24.7 Å². The summed E-state index contributed by atoms with van der Waals surface area (Å²) < 4.78 is 44.0. The fraction of sp³-hybridized carbons (Fsp3) is 0.524. The van der Waals surface area contributed by atoms with Gasteiger partial charge in [-0.2, -0.15) is 9.42 Å². The number of phosphoric ester groups is 2. The van der Waals surface area contributed by atoms with E-state index in [1.54, 1.807) is 0 Å². The number of aliphatic hydroxyl groups excluding tert-OH is 4. The lowest BCUT2D eigenvalue weighted by molar-refractivity contribution is -0.745. The highest BCUT2D eigenvalue weighted by Gasteiger charge is 2.51. The van der Waals surface area contributed by atoms with Gasteiger partial charge in [0, 0.05) is 5.88 Å². The summed E-state index contributed by atoms with van der Waals surface area (Å²) in [6.07, 6.45) is -9.53. The Morgan fingerprint density at radius 1 is 1.02 bits per heavy atom. The van der Waals surface area contributed by atoms with Crippen LogP contribution in [0.25, 0.3) is 22.3 Å². The van der Waals surface area contributed by atoms with Crippen LogP contribution in [0.1, 0.15) is 12.5 Å². The molecule has 4 aromatic heterocycles. The van der Waals surface area contributed by atoms with E-state index in [2.05, 4.69) is 42.6 Å². The predicted molar refractivity (Wildman–Crippen MR) is 154 cm³/mol. The first-order valence-corrected chi connectivity index (χ1v) is 18.6. The molecule has 6 heterocycles. The fourth-order valence-corrected chi connectivity index (χ4v) is 8.77. The summed E-state index contributed by atoms with van der Waals surface area (Å²) in [7, 11) is -16.2. The highest BCUT2D eigenvalue weighted by atomic mass is 31.3. The third-order valence-corrected chi connectivity index (χ3v) is 11.8. The van der Waals surface area contributed by atoms with Crippen LogP contribution >= 0.6 is 24.2 Å². The number of rotatable bonds is 12. The second-order valence-corrected chi connectivity index (χ2v) is 15.6. The van der Waals surface area contributed by atoms with E-state index in [0.717, 1.165) is 10.9 Å². The molecule has 0 aromatic carbocycles. The Bertz CT molecular complexity index is 1970. The Balaban J connectivity index is 1.04. The Morgan fingerprint density at radius 3 is 2.43 bits per heavy atom. The van der Waals surface area contributed by atoms with Gasteiger partial charge in [-0.25, -0.2) is 29.1 Å². The number of hydrogen-bond donors (Lipinski definition) is 8. The van der Waals surface area contributed by atoms with Gasteiger partial charge in [0.15, 0.2) is 29.5 Å². The van der Waals surface area contributed by atoms with Crippen molar-refractivity contribution in [3.8, 4) is 5.88 Å². The van der Waals surface area contributed by atoms with Crippen LogP contribution in [0.15, 0.2) is 19.0 Å². The third-order valence-electron chi connectivity index (χ3n) is 7.57. The van der Waals surface area contributed by atoms with Crippen molar-refractivity contribution in [2.24, 2.45) is 7.05 Å². The van der Waals surface area contributed by atoms with Gasteiger partial charge in [-0.3, -0.25) is 13.7 Å². The first-order chi connectivity index (χ1) is 23.8. The molecule has 2 aliphatic heterocycles. The molecule has 30 heteroatoms. The summed E-state index contributed by atoms with van der Waals surface area (Å²) in [5, 5.41) is 54.2. The zero-order valence-corrected chi connectivity index (χ0v) is 28.2. The van der Waals surface area contributed by atoms with Gasteiger partial charge in [0.2, 0.25) is 6.23 Å². The van der Waals surface area contributed by atoms with Crippen LogP contribution in [0.3, 0.4) is 0 Å². The molecule has 0 saturated carbocycles. The van der Waals surface area contributed by atoms with E-state index in [1.807, 2.05) is 0 Å². The Labute approximate surface area is 284 Å². The number of anilines is 2. The maximum absolute atomic E-state index is 12.4. The molecule has 4 aromatic rings. The molecule has 0 spiro atoms. The van der Waals surface area contributed by atoms with Crippen LogP contribution in [0.4, 0.5) is 11.8 Å². The molecule has 2 fully saturated rings. The molecule has 0 amide bonds. The predicted octanol–water partition coefficient (Wildman–Crippen LogP) is -6.83. The zero-order valence-electron chi connectivity index (χ0n) is 25.5. The molecule has 2 unspecified atom stereocenters. The smallest absolute Gasteiger partial charge is 0.508 e. The molecule has 2 aliphatic rings. The minimum atomic E-state index is -6.22. The van der Waals surface area contributed by atoms with E-state index in [9.17, 15) is 54.6 Å². The Hall–Kier alpha value is -3.01. The average molecular weight is 785 g/mol. The highest BCUT2D eigenvalue weighted by molar-refractivity contribution is 7.70. The maximum atomic E-state index is 12.4. The molecule has 0 radical (unpaired) electrons. The second-order valence-electron chi connectivity index (χ2n) is 11.0. The van der Waals surface area contributed by atoms with Crippen LogP contribution in [0, 0.1) is 0 Å². The van der Waals surface area contributed by atoms with Crippen LogP contribution in [0.2, 0.25) is 0 Å². The van der Waals surface area contributed by atoms with Crippen LogP contribution in [0.5, 0.6) is 5.88 Å². The van der Waals surface area contributed by atoms with Gasteiger partial charge in [0.25, 0.3) is 14.1 Å². The number of nitrogens with two attached hydrogens (primary N) is 2. The van der Waals surface area contributed by atoms with Gasteiger partial charge in [0.1, 0.15) is 55.1 Å². The molecular weight excluding hydrogens is 757 g/mol. The number of hydrogen-bond acceptors (Lipinski definition) is 23. The molecule has 10 atom stereocenters. The number of ether oxygens (including phenoxy) is 2. The molecule has 2 saturated heterocycles. The molecule has 27 nitrogen and oxygen atoms in total. The van der Waals surface area contributed by atoms with Crippen molar-refractivity contribution >= 4 is 58.3 Å². The number of phosphoric acid groups is 3. The van der Waals surface area contributed by atoms with E-state index in [1.165, 1.54) is 28.8 Å². The number of fused-ring (bicyclic) bond motifs is 2. The molecule has 51 heavy (non-hydrogen) atoms. The molecular formula is C21H28N10O17P3-. The standard InChI is InChI=1S/C21H29N10O17P3/c1-29-6-31(17-10(29)18(36)28-21(23)27-17)20-14(35)12(33)8(46-20)3-44-50(39,40)48-51(41,42)47-49(37,38)43-2-7-11(32)13(34)19(45-7)30-5-26-9-15(22)24-4-25-16(9)30/h4-8,11-14,19-20,32-35H,2-3H2,1H3,(H7-,22,23,24,25,27,28,36,37,38,39,40,41,42)/p-1/t7-,8-,11-,12-,13-,14-,19-,20-/m1/s1. The normalized spacial score (nSPS) is 29.5. The van der Waals surface area contributed by atoms with E-state index < -0.39 is 98.3 Å². The summed E-state index contributed by atoms with van der Waals surface area (Å²) in [6.45, 7) is -2.17. The Kier molecular flexibility index (Phi) is 10.2. The topological polar surface area (TPSA) is 416 Å². The second kappa shape index (κ2) is 13.8. The van der Waals surface area contributed by atoms with Crippen molar-refractivity contribution in [1.82, 2.24) is 34.1 Å². The molecule has 6 rings (SSSR count).